The summed E-state index contributed by atoms with van der Waals surface area (Å²) in [5.41, 5.74) is 7.38. The maximum Gasteiger partial charge on any atom is 0.320 e. The molecule has 0 spiro atoms. The van der Waals surface area contributed by atoms with E-state index in [1.807, 2.05) is 6.07 Å². The highest BCUT2D eigenvalue weighted by Gasteiger charge is 2.17. The van der Waals surface area contributed by atoms with Crippen LogP contribution in [0.15, 0.2) is 22.9 Å². The molecule has 2 aromatic heterocycles. The fourth-order valence-electron chi connectivity index (χ4n) is 2.33. The summed E-state index contributed by atoms with van der Waals surface area (Å²) in [6, 6.07) is 6.22. The second-order valence-electron chi connectivity index (χ2n) is 5.29. The molecule has 0 saturated carbocycles. The number of nitriles is 1. The van der Waals surface area contributed by atoms with Crippen LogP contribution < -0.4 is 10.5 Å². The Morgan fingerprint density at radius 1 is 1.31 bits per heavy atom. The van der Waals surface area contributed by atoms with Gasteiger partial charge in [0.1, 0.15) is 12.4 Å². The number of imidazole rings is 1. The average molecular weight is 421 g/mol. The molecule has 0 aliphatic carbocycles. The fourth-order valence-corrected chi connectivity index (χ4v) is 2.80. The van der Waals surface area contributed by atoms with Gasteiger partial charge in [0.2, 0.25) is 0 Å². The number of aromatic nitrogens is 4. The number of nitrogen functional groups attached to an aromatic ring is 1. The van der Waals surface area contributed by atoms with E-state index >= 15 is 0 Å². The Bertz CT molecular complexity index is 1000. The first-order chi connectivity index (χ1) is 12.5. The highest BCUT2D eigenvalue weighted by atomic mass is 79.9. The van der Waals surface area contributed by atoms with Crippen LogP contribution in [0.1, 0.15) is 11.1 Å². The summed E-state index contributed by atoms with van der Waals surface area (Å²) in [5, 5.41) is 9.02. The predicted octanol–water partition coefficient (Wildman–Crippen LogP) is 2.26. The van der Waals surface area contributed by atoms with Crippen molar-refractivity contribution in [3.8, 4) is 12.1 Å². The van der Waals surface area contributed by atoms with Crippen LogP contribution in [0.25, 0.3) is 11.2 Å². The van der Waals surface area contributed by atoms with Gasteiger partial charge < -0.3 is 15.2 Å². The zero-order chi connectivity index (χ0) is 18.7. The Morgan fingerprint density at radius 3 is 2.85 bits per heavy atom. The number of ether oxygens (including phenoxy) is 2. The lowest BCUT2D eigenvalue weighted by molar-refractivity contribution is 0.141. The van der Waals surface area contributed by atoms with E-state index in [2.05, 4.69) is 30.9 Å². The lowest BCUT2D eigenvalue weighted by atomic mass is 10.1. The summed E-state index contributed by atoms with van der Waals surface area (Å²) >= 11 is 3.33. The highest BCUT2D eigenvalue weighted by molar-refractivity contribution is 9.10. The highest BCUT2D eigenvalue weighted by Crippen LogP contribution is 2.26. The van der Waals surface area contributed by atoms with Crippen LogP contribution in [0.4, 0.5) is 10.2 Å². The Balaban J connectivity index is 2.02. The van der Waals surface area contributed by atoms with Crippen molar-refractivity contribution in [1.29, 1.82) is 5.26 Å². The Kier molecular flexibility index (Phi) is 5.29. The summed E-state index contributed by atoms with van der Waals surface area (Å²) in [5.74, 6) is -0.288. The molecule has 2 heterocycles. The summed E-state index contributed by atoms with van der Waals surface area (Å²) in [7, 11) is 1.55. The van der Waals surface area contributed by atoms with E-state index in [1.54, 1.807) is 11.7 Å². The number of halogens is 2. The molecule has 134 valence electrons. The molecule has 0 amide bonds. The largest absolute Gasteiger partial charge is 0.461 e. The standard InChI is InChI=1S/C16H14BrFN6O2/c1-25-4-5-26-16-22-13(20)12-14(23-16)24(15(17)21-12)8-10-6-9(7-19)2-3-11(10)18/h2-3,6H,4-5,8H2,1H3,(H2,20,22,23). The molecule has 0 aliphatic heterocycles. The molecule has 3 aromatic rings. The van der Waals surface area contributed by atoms with Gasteiger partial charge >= 0.3 is 6.01 Å². The summed E-state index contributed by atoms with van der Waals surface area (Å²) in [6.07, 6.45) is 0. The SMILES string of the molecule is COCCOc1nc(N)c2nc(Br)n(Cc3cc(C#N)ccc3F)c2n1. The third-order valence-electron chi connectivity index (χ3n) is 3.58. The van der Waals surface area contributed by atoms with Gasteiger partial charge in [-0.3, -0.25) is 4.57 Å². The predicted molar refractivity (Wildman–Crippen MR) is 95.0 cm³/mol. The van der Waals surface area contributed by atoms with Crippen molar-refractivity contribution in [2.45, 2.75) is 6.54 Å². The molecule has 0 radical (unpaired) electrons. The molecule has 0 fully saturated rings. The number of benzene rings is 1. The summed E-state index contributed by atoms with van der Waals surface area (Å²) in [4.78, 5) is 12.6. The Labute approximate surface area is 156 Å². The van der Waals surface area contributed by atoms with Crippen molar-refractivity contribution in [3.05, 3.63) is 39.9 Å². The molecule has 0 atom stereocenters. The topological polar surface area (TPSA) is 112 Å². The number of hydrogen-bond acceptors (Lipinski definition) is 7. The number of anilines is 1. The average Bonchev–Trinajstić information content (AvgIpc) is 2.94. The van der Waals surface area contributed by atoms with Gasteiger partial charge in [0, 0.05) is 12.7 Å². The van der Waals surface area contributed by atoms with Crippen molar-refractivity contribution in [2.75, 3.05) is 26.1 Å². The Morgan fingerprint density at radius 2 is 2.12 bits per heavy atom. The van der Waals surface area contributed by atoms with Crippen LogP contribution in [0.5, 0.6) is 6.01 Å². The van der Waals surface area contributed by atoms with Crippen molar-refractivity contribution >= 4 is 32.9 Å². The molecular formula is C16H14BrFN6O2. The minimum atomic E-state index is -0.434. The number of hydrogen-bond donors (Lipinski definition) is 1. The van der Waals surface area contributed by atoms with E-state index in [0.717, 1.165) is 0 Å². The molecule has 0 unspecified atom stereocenters. The number of methoxy groups -OCH3 is 1. The van der Waals surface area contributed by atoms with Gasteiger partial charge in [0.25, 0.3) is 0 Å². The molecule has 0 saturated heterocycles. The number of nitrogens with zero attached hydrogens (tertiary/aromatic N) is 5. The zero-order valence-electron chi connectivity index (χ0n) is 13.7. The summed E-state index contributed by atoms with van der Waals surface area (Å²) < 4.78 is 26.5. The van der Waals surface area contributed by atoms with Crippen molar-refractivity contribution in [1.82, 2.24) is 19.5 Å². The van der Waals surface area contributed by atoms with E-state index < -0.39 is 5.82 Å². The van der Waals surface area contributed by atoms with Crippen LogP contribution >= 0.6 is 15.9 Å². The first kappa shape index (κ1) is 18.0. The monoisotopic (exact) mass is 420 g/mol. The van der Waals surface area contributed by atoms with Gasteiger partial charge in [-0.2, -0.15) is 15.2 Å². The lowest BCUT2D eigenvalue weighted by Crippen LogP contribution is -2.09. The van der Waals surface area contributed by atoms with Crippen molar-refractivity contribution < 1.29 is 13.9 Å². The molecule has 0 aliphatic rings. The van der Waals surface area contributed by atoms with Gasteiger partial charge in [0.05, 0.1) is 24.8 Å². The van der Waals surface area contributed by atoms with E-state index in [1.165, 1.54) is 18.2 Å². The Hall–Kier alpha value is -2.77. The fraction of sp³-hybridized carbons (Fsp3) is 0.250. The quantitative estimate of drug-likeness (QED) is 0.480. The smallest absolute Gasteiger partial charge is 0.320 e. The molecule has 0 bridgehead atoms. The first-order valence-electron chi connectivity index (χ1n) is 7.53. The molecule has 8 nitrogen and oxygen atoms in total. The minimum Gasteiger partial charge on any atom is -0.461 e. The van der Waals surface area contributed by atoms with E-state index in [-0.39, 0.29) is 25.0 Å². The van der Waals surface area contributed by atoms with Crippen molar-refractivity contribution in [2.24, 2.45) is 0 Å². The van der Waals surface area contributed by atoms with Crippen LogP contribution in [-0.2, 0) is 11.3 Å². The molecule has 26 heavy (non-hydrogen) atoms. The maximum absolute atomic E-state index is 14.1. The molecule has 3 rings (SSSR count). The van der Waals surface area contributed by atoms with Crippen LogP contribution in [0.3, 0.4) is 0 Å². The van der Waals surface area contributed by atoms with Crippen LogP contribution in [0.2, 0.25) is 0 Å². The zero-order valence-corrected chi connectivity index (χ0v) is 15.3. The van der Waals surface area contributed by atoms with E-state index in [4.69, 9.17) is 20.5 Å². The molecule has 2 N–H and O–H groups in total. The van der Waals surface area contributed by atoms with E-state index in [9.17, 15) is 4.39 Å². The van der Waals surface area contributed by atoms with Gasteiger partial charge in [-0.25, -0.2) is 9.37 Å². The number of nitrogens with two attached hydrogens (primary N) is 1. The summed E-state index contributed by atoms with van der Waals surface area (Å²) in [6.45, 7) is 0.735. The maximum atomic E-state index is 14.1. The molecule has 10 heteroatoms. The van der Waals surface area contributed by atoms with Gasteiger partial charge in [0.15, 0.2) is 21.7 Å². The lowest BCUT2D eigenvalue weighted by Gasteiger charge is -2.09. The number of fused-ring (bicyclic) bond motifs is 1. The van der Waals surface area contributed by atoms with Crippen molar-refractivity contribution in [3.63, 3.8) is 0 Å². The van der Waals surface area contributed by atoms with Crippen LogP contribution in [0, 0.1) is 17.1 Å². The van der Waals surface area contributed by atoms with Crippen LogP contribution in [-0.4, -0.2) is 39.8 Å². The third-order valence-corrected chi connectivity index (χ3v) is 4.18. The minimum absolute atomic E-state index is 0.0759. The number of rotatable bonds is 6. The van der Waals surface area contributed by atoms with Gasteiger partial charge in [-0.05, 0) is 34.1 Å². The normalized spacial score (nSPS) is 10.8. The third kappa shape index (κ3) is 3.58. The molecule has 1 aromatic carbocycles. The molecular weight excluding hydrogens is 407 g/mol. The van der Waals surface area contributed by atoms with Gasteiger partial charge in [-0.15, -0.1) is 0 Å². The second-order valence-corrected chi connectivity index (χ2v) is 6.00. The second kappa shape index (κ2) is 7.63. The van der Waals surface area contributed by atoms with Gasteiger partial charge in [-0.1, -0.05) is 0 Å². The van der Waals surface area contributed by atoms with E-state index in [0.29, 0.717) is 33.6 Å². The first-order valence-corrected chi connectivity index (χ1v) is 8.32.